The van der Waals surface area contributed by atoms with Crippen LogP contribution in [-0.4, -0.2) is 80.3 Å². The molecular weight excluding hydrogens is 486 g/mol. The number of aliphatic hydroxyl groups excluding tert-OH is 2. The summed E-state index contributed by atoms with van der Waals surface area (Å²) in [6.45, 7) is 1.56. The zero-order chi connectivity index (χ0) is 27.6. The fourth-order valence-electron chi connectivity index (χ4n) is 5.79. The highest BCUT2D eigenvalue weighted by Gasteiger charge is 2.63. The fraction of sp³-hybridized carbons (Fsp3) is 0.375. The summed E-state index contributed by atoms with van der Waals surface area (Å²) < 4.78 is 0. The van der Waals surface area contributed by atoms with Crippen molar-refractivity contribution in [3.63, 3.8) is 0 Å². The van der Waals surface area contributed by atoms with E-state index >= 15 is 0 Å². The number of phenols is 1. The largest absolute Gasteiger partial charge is 0.510 e. The number of hydrogen-bond donors (Lipinski definition) is 7. The van der Waals surface area contributed by atoms with Gasteiger partial charge in [-0.05, 0) is 57.5 Å². The molecule has 3 aliphatic carbocycles. The summed E-state index contributed by atoms with van der Waals surface area (Å²) in [5.74, 6) is -7.27. The second kappa shape index (κ2) is 8.71. The molecule has 0 fully saturated rings. The summed E-state index contributed by atoms with van der Waals surface area (Å²) in [5.41, 5.74) is 9.59. The van der Waals surface area contributed by atoms with E-state index in [1.807, 2.05) is 0 Å². The number of allylic oxidation sites excluding steroid dienone is 1. The van der Waals surface area contributed by atoms with Crippen molar-refractivity contribution in [3.8, 4) is 5.75 Å². The number of ketones is 2. The quantitative estimate of drug-likeness (QED) is 0.156. The number of carbonyl (C=O) groups is 4. The van der Waals surface area contributed by atoms with E-state index in [9.17, 15) is 39.6 Å². The van der Waals surface area contributed by atoms with Crippen LogP contribution in [0.3, 0.4) is 0 Å². The molecule has 196 valence electrons. The Morgan fingerprint density at radius 3 is 2.38 bits per heavy atom. The molecule has 0 heterocycles. The zero-order valence-corrected chi connectivity index (χ0v) is 20.3. The van der Waals surface area contributed by atoms with Gasteiger partial charge in [-0.25, -0.2) is 10.2 Å². The van der Waals surface area contributed by atoms with Gasteiger partial charge in [0.25, 0.3) is 5.91 Å². The van der Waals surface area contributed by atoms with Crippen LogP contribution in [-0.2, 0) is 16.0 Å². The first-order valence-electron chi connectivity index (χ1n) is 11.3. The lowest BCUT2D eigenvalue weighted by Crippen LogP contribution is -2.63. The monoisotopic (exact) mass is 513 g/mol. The standard InChI is InChI=1S/C24H27N5O8/c1-8(27-28-23(26)36)10-4-5-13(30)15-11(10)6-9-7-12-17(29(2)3)19(32)16(22(25)35)21(34)24(12,37)20(33)14(9)18(15)31/h4-5,9,12,17,30,32-33,37H,6-7H2,1-3H3,(H2,25,35)(H3,26,28,36)/b27-8-. The van der Waals surface area contributed by atoms with Crippen LogP contribution >= 0.6 is 0 Å². The number of urea groups is 1. The van der Waals surface area contributed by atoms with Gasteiger partial charge in [-0.15, -0.1) is 0 Å². The minimum atomic E-state index is -2.71. The van der Waals surface area contributed by atoms with Crippen molar-refractivity contribution in [1.29, 1.82) is 0 Å². The molecule has 4 atom stereocenters. The van der Waals surface area contributed by atoms with Gasteiger partial charge >= 0.3 is 6.03 Å². The lowest BCUT2D eigenvalue weighted by Gasteiger charge is -2.50. The summed E-state index contributed by atoms with van der Waals surface area (Å²) in [6.07, 6.45) is 0.0400. The number of nitrogens with zero attached hydrogens (tertiary/aromatic N) is 2. The molecule has 0 bridgehead atoms. The number of fused-ring (bicyclic) bond motifs is 3. The smallest absolute Gasteiger partial charge is 0.332 e. The number of phenolic OH excluding ortho intramolecular Hbond substituents is 1. The first-order chi connectivity index (χ1) is 17.2. The molecule has 0 spiro atoms. The van der Waals surface area contributed by atoms with Crippen LogP contribution in [0.5, 0.6) is 5.75 Å². The van der Waals surface area contributed by atoms with E-state index in [1.54, 1.807) is 21.0 Å². The number of hydrogen-bond acceptors (Lipinski definition) is 10. The lowest BCUT2D eigenvalue weighted by atomic mass is 9.58. The van der Waals surface area contributed by atoms with Crippen molar-refractivity contribution in [2.24, 2.45) is 28.4 Å². The molecular formula is C24H27N5O8. The Labute approximate surface area is 210 Å². The van der Waals surface area contributed by atoms with Crippen LogP contribution in [0, 0.1) is 11.8 Å². The van der Waals surface area contributed by atoms with E-state index in [0.29, 0.717) is 11.1 Å². The normalized spacial score (nSPS) is 27.6. The molecule has 4 unspecified atom stereocenters. The summed E-state index contributed by atoms with van der Waals surface area (Å²) in [5, 5.41) is 48.1. The Bertz CT molecular complexity index is 1360. The number of hydrazone groups is 1. The van der Waals surface area contributed by atoms with Gasteiger partial charge in [0.05, 0.1) is 17.3 Å². The molecule has 0 aliphatic heterocycles. The number of primary amides is 2. The van der Waals surface area contributed by atoms with Crippen LogP contribution in [0.2, 0.25) is 0 Å². The molecule has 9 N–H and O–H groups in total. The molecule has 3 aliphatic rings. The number of amides is 3. The Kier molecular flexibility index (Phi) is 6.08. The molecule has 37 heavy (non-hydrogen) atoms. The number of aliphatic hydroxyl groups is 3. The predicted octanol–water partition coefficient (Wildman–Crippen LogP) is -0.487. The van der Waals surface area contributed by atoms with Crippen molar-refractivity contribution < 1.29 is 39.6 Å². The zero-order valence-electron chi connectivity index (χ0n) is 20.3. The van der Waals surface area contributed by atoms with Crippen LogP contribution in [0.1, 0.15) is 34.8 Å². The highest BCUT2D eigenvalue weighted by molar-refractivity contribution is 6.25. The van der Waals surface area contributed by atoms with E-state index < -0.39 is 69.8 Å². The van der Waals surface area contributed by atoms with Crippen LogP contribution in [0.15, 0.2) is 39.9 Å². The summed E-state index contributed by atoms with van der Waals surface area (Å²) in [7, 11) is 3.10. The Balaban J connectivity index is 1.93. The van der Waals surface area contributed by atoms with Gasteiger partial charge in [0.2, 0.25) is 5.78 Å². The second-order valence-electron chi connectivity index (χ2n) is 9.62. The number of carbonyl (C=O) groups excluding carboxylic acids is 4. The van der Waals surface area contributed by atoms with E-state index in [1.165, 1.54) is 17.0 Å². The van der Waals surface area contributed by atoms with Crippen LogP contribution in [0.4, 0.5) is 4.79 Å². The first kappa shape index (κ1) is 25.9. The molecule has 0 saturated carbocycles. The Morgan fingerprint density at radius 1 is 1.16 bits per heavy atom. The summed E-state index contributed by atoms with van der Waals surface area (Å²) in [6, 6.07) is 0.770. The molecule has 4 rings (SSSR count). The van der Waals surface area contributed by atoms with Crippen molar-refractivity contribution in [3.05, 3.63) is 51.5 Å². The minimum absolute atomic E-state index is 0.0451. The number of aromatic hydroxyl groups is 1. The van der Waals surface area contributed by atoms with Crippen molar-refractivity contribution in [2.45, 2.75) is 31.4 Å². The van der Waals surface area contributed by atoms with Crippen LogP contribution in [0.25, 0.3) is 0 Å². The van der Waals surface area contributed by atoms with Crippen LogP contribution < -0.4 is 16.9 Å². The Hall–Kier alpha value is -4.23. The molecule has 3 amide bonds. The van der Waals surface area contributed by atoms with Gasteiger partial charge in [-0.1, -0.05) is 0 Å². The summed E-state index contributed by atoms with van der Waals surface area (Å²) in [4.78, 5) is 51.5. The molecule has 1 aromatic carbocycles. The lowest BCUT2D eigenvalue weighted by molar-refractivity contribution is -0.148. The van der Waals surface area contributed by atoms with Crippen molar-refractivity contribution >= 4 is 29.2 Å². The third-order valence-corrected chi connectivity index (χ3v) is 7.33. The number of rotatable bonds is 4. The van der Waals surface area contributed by atoms with Gasteiger partial charge in [0.15, 0.2) is 11.4 Å². The summed E-state index contributed by atoms with van der Waals surface area (Å²) >= 11 is 0. The van der Waals surface area contributed by atoms with Gasteiger partial charge in [0.1, 0.15) is 22.8 Å². The number of Topliss-reactive ketones (excluding diaryl/α,β-unsaturated/α-hetero) is 2. The SMILES string of the molecule is C/C(=N/NC(N)=O)c1ccc(O)c2c1CC1CC3C(N(C)C)C(O)=C(C(N)=O)C(=O)C3(O)C(O)=C1C2=O. The van der Waals surface area contributed by atoms with Gasteiger partial charge in [-0.2, -0.15) is 5.10 Å². The third-order valence-electron chi connectivity index (χ3n) is 7.33. The number of benzene rings is 1. The number of nitrogens with two attached hydrogens (primary N) is 2. The molecule has 13 nitrogen and oxygen atoms in total. The average molecular weight is 514 g/mol. The van der Waals surface area contributed by atoms with Crippen molar-refractivity contribution in [1.82, 2.24) is 10.3 Å². The van der Waals surface area contributed by atoms with E-state index in [0.717, 1.165) is 0 Å². The molecule has 13 heteroatoms. The maximum Gasteiger partial charge on any atom is 0.332 e. The highest BCUT2D eigenvalue weighted by atomic mass is 16.3. The van der Waals surface area contributed by atoms with E-state index in [4.69, 9.17) is 11.5 Å². The number of nitrogens with one attached hydrogen (secondary N) is 1. The first-order valence-corrected chi connectivity index (χ1v) is 11.3. The minimum Gasteiger partial charge on any atom is -0.510 e. The fourth-order valence-corrected chi connectivity index (χ4v) is 5.79. The van der Waals surface area contributed by atoms with Gasteiger partial charge in [-0.3, -0.25) is 19.3 Å². The third kappa shape index (κ3) is 3.65. The predicted molar refractivity (Wildman–Crippen MR) is 129 cm³/mol. The molecule has 1 aromatic rings. The molecule has 0 aromatic heterocycles. The van der Waals surface area contributed by atoms with Gasteiger partial charge in [0, 0.05) is 17.1 Å². The van der Waals surface area contributed by atoms with Crippen molar-refractivity contribution in [2.75, 3.05) is 14.1 Å². The average Bonchev–Trinajstić information content (AvgIpc) is 2.79. The van der Waals surface area contributed by atoms with E-state index in [2.05, 4.69) is 10.5 Å². The topological polar surface area (TPSA) is 229 Å². The molecule has 0 saturated heterocycles. The molecule has 0 radical (unpaired) electrons. The highest BCUT2D eigenvalue weighted by Crippen LogP contribution is 2.52. The number of likely N-dealkylation sites (N-methyl/N-ethyl adjacent to an activating group) is 1. The maximum absolute atomic E-state index is 13.6. The Morgan fingerprint density at radius 2 is 1.81 bits per heavy atom. The maximum atomic E-state index is 13.6. The van der Waals surface area contributed by atoms with Gasteiger partial charge < -0.3 is 31.9 Å². The van der Waals surface area contributed by atoms with E-state index in [-0.39, 0.29) is 29.7 Å². The second-order valence-corrected chi connectivity index (χ2v) is 9.62.